The molecule has 0 heterocycles. The van der Waals surface area contributed by atoms with E-state index in [1.165, 1.54) is 20.8 Å². The van der Waals surface area contributed by atoms with Gasteiger partial charge in [0.25, 0.3) is 0 Å². The van der Waals surface area contributed by atoms with E-state index in [0.29, 0.717) is 0 Å². The Hall–Kier alpha value is -0.0831. The molecule has 0 saturated heterocycles. The van der Waals surface area contributed by atoms with Crippen molar-refractivity contribution < 1.29 is 0 Å². The molecule has 1 aromatic rings. The molecule has 0 atom stereocenters. The molecule has 0 bridgehead atoms. The highest BCUT2D eigenvalue weighted by Crippen LogP contribution is 2.16. The van der Waals surface area contributed by atoms with Crippen LogP contribution in [-0.2, 0) is 0 Å². The highest BCUT2D eigenvalue weighted by molar-refractivity contribution is 9.10. The quantitative estimate of drug-likeness (QED) is 0.567. The van der Waals surface area contributed by atoms with Crippen molar-refractivity contribution in [1.82, 2.24) is 0 Å². The van der Waals surface area contributed by atoms with Crippen molar-refractivity contribution in [1.29, 1.82) is 0 Å². The topological polar surface area (TPSA) is 0 Å². The van der Waals surface area contributed by atoms with Gasteiger partial charge >= 0.3 is 0 Å². The summed E-state index contributed by atoms with van der Waals surface area (Å²) in [5.41, 5.74) is 2.83. The third kappa shape index (κ3) is 1.32. The minimum atomic E-state index is 1.15. The van der Waals surface area contributed by atoms with E-state index in [4.69, 9.17) is 0 Å². The monoisotopic (exact) mass is 214 g/mol. The summed E-state index contributed by atoms with van der Waals surface area (Å²) in [5, 5.41) is 1.50. The van der Waals surface area contributed by atoms with Gasteiger partial charge in [-0.25, -0.2) is 0 Å². The predicted molar refractivity (Wildman–Crippen MR) is 53.2 cm³/mol. The van der Waals surface area contributed by atoms with E-state index >= 15 is 0 Å². The Morgan fingerprint density at radius 3 is 2.30 bits per heavy atom. The molecule has 0 radical (unpaired) electrons. The van der Waals surface area contributed by atoms with Gasteiger partial charge in [-0.3, -0.25) is 0 Å². The van der Waals surface area contributed by atoms with Crippen LogP contribution in [0.5, 0.6) is 0 Å². The normalized spacial score (nSPS) is 10.3. The van der Waals surface area contributed by atoms with E-state index in [-0.39, 0.29) is 0 Å². The summed E-state index contributed by atoms with van der Waals surface area (Å²) in [6, 6.07) is 4.32. The third-order valence-electron chi connectivity index (χ3n) is 1.99. The molecule has 1 rings (SSSR count). The lowest BCUT2D eigenvalue weighted by atomic mass is 10.1. The van der Waals surface area contributed by atoms with Gasteiger partial charge in [-0.1, -0.05) is 27.2 Å². The van der Waals surface area contributed by atoms with Gasteiger partial charge < -0.3 is 0 Å². The van der Waals surface area contributed by atoms with Gasteiger partial charge in [-0.2, -0.15) is 0 Å². The van der Waals surface area contributed by atoms with E-state index in [1.54, 1.807) is 0 Å². The summed E-state index contributed by atoms with van der Waals surface area (Å²) in [7, 11) is 1.15. The van der Waals surface area contributed by atoms with Crippen molar-refractivity contribution in [3.8, 4) is 0 Å². The summed E-state index contributed by atoms with van der Waals surface area (Å²) < 4.78 is 1.23. The Morgan fingerprint density at radius 2 is 1.80 bits per heavy atom. The molecule has 0 amide bonds. The zero-order valence-electron chi connectivity index (χ0n) is 6.53. The van der Waals surface area contributed by atoms with Crippen molar-refractivity contribution in [2.75, 3.05) is 0 Å². The van der Waals surface area contributed by atoms with Crippen molar-refractivity contribution in [3.63, 3.8) is 0 Å². The second-order valence-corrected chi connectivity index (χ2v) is 4.55. The van der Waals surface area contributed by atoms with Crippen LogP contribution < -0.4 is 5.19 Å². The molecule has 54 valence electrons. The van der Waals surface area contributed by atoms with Gasteiger partial charge in [0.2, 0.25) is 0 Å². The van der Waals surface area contributed by atoms with Crippen LogP contribution in [0.25, 0.3) is 0 Å². The summed E-state index contributed by atoms with van der Waals surface area (Å²) in [6.07, 6.45) is 0. The van der Waals surface area contributed by atoms with Crippen molar-refractivity contribution >= 4 is 31.4 Å². The maximum Gasteiger partial charge on any atom is 0.0388 e. The van der Waals surface area contributed by atoms with Crippen molar-refractivity contribution in [2.24, 2.45) is 0 Å². The molecule has 0 spiro atoms. The summed E-state index contributed by atoms with van der Waals surface area (Å²) in [4.78, 5) is 0. The van der Waals surface area contributed by atoms with Crippen LogP contribution in [0.3, 0.4) is 0 Å². The summed E-state index contributed by atoms with van der Waals surface area (Å²) in [6.45, 7) is 4.34. The second-order valence-electron chi connectivity index (χ2n) is 2.61. The Morgan fingerprint density at radius 1 is 1.20 bits per heavy atom. The minimum Gasteiger partial charge on any atom is -0.0676 e. The molecule has 1 aromatic carbocycles. The lowest BCUT2D eigenvalue weighted by molar-refractivity contribution is 1.34. The van der Waals surface area contributed by atoms with Gasteiger partial charge in [-0.05, 0) is 31.0 Å². The zero-order chi connectivity index (χ0) is 7.72. The first-order valence-corrected chi connectivity index (χ1v) is 5.14. The highest BCUT2D eigenvalue weighted by Gasteiger charge is 1.98. The molecule has 0 unspecified atom stereocenters. The standard InChI is InChI=1S/C8H11BrSi/c1-5-6(2)8(10)4-3-7(5)9/h3-4H,1-2,10H3. The van der Waals surface area contributed by atoms with Crippen molar-refractivity contribution in [2.45, 2.75) is 13.8 Å². The predicted octanol–water partition coefficient (Wildman–Crippen LogP) is 1.06. The zero-order valence-corrected chi connectivity index (χ0v) is 10.1. The van der Waals surface area contributed by atoms with E-state index in [2.05, 4.69) is 41.9 Å². The highest BCUT2D eigenvalue weighted by atomic mass is 79.9. The molecular formula is C8H11BrSi. The fraction of sp³-hybridized carbons (Fsp3) is 0.250. The number of hydrogen-bond donors (Lipinski definition) is 0. The van der Waals surface area contributed by atoms with Crippen LogP contribution in [0.1, 0.15) is 11.1 Å². The average molecular weight is 215 g/mol. The maximum absolute atomic E-state index is 3.50. The molecule has 0 fully saturated rings. The number of halogens is 1. The molecule has 0 aliphatic heterocycles. The van der Waals surface area contributed by atoms with Crippen LogP contribution in [-0.4, -0.2) is 10.2 Å². The van der Waals surface area contributed by atoms with Crippen molar-refractivity contribution in [3.05, 3.63) is 27.7 Å². The van der Waals surface area contributed by atoms with Crippen LogP contribution in [0.15, 0.2) is 16.6 Å². The number of hydrogen-bond acceptors (Lipinski definition) is 0. The SMILES string of the molecule is Cc1c([SiH3])ccc(Br)c1C. The molecule has 0 saturated carbocycles. The molecule has 0 aliphatic carbocycles. The Labute approximate surface area is 73.2 Å². The first-order valence-electron chi connectivity index (χ1n) is 3.35. The molecule has 0 nitrogen and oxygen atoms in total. The fourth-order valence-corrected chi connectivity index (χ4v) is 1.89. The smallest absolute Gasteiger partial charge is 0.0388 e. The van der Waals surface area contributed by atoms with Gasteiger partial charge in [0.15, 0.2) is 0 Å². The van der Waals surface area contributed by atoms with E-state index in [0.717, 1.165) is 10.2 Å². The van der Waals surface area contributed by atoms with E-state index in [1.807, 2.05) is 0 Å². The van der Waals surface area contributed by atoms with Gasteiger partial charge in [-0.15, -0.1) is 0 Å². The molecule has 0 N–H and O–H groups in total. The first-order chi connectivity index (χ1) is 4.63. The van der Waals surface area contributed by atoms with Crippen LogP contribution in [0.2, 0.25) is 0 Å². The minimum absolute atomic E-state index is 1.15. The summed E-state index contributed by atoms with van der Waals surface area (Å²) in [5.74, 6) is 0. The van der Waals surface area contributed by atoms with E-state index in [9.17, 15) is 0 Å². The van der Waals surface area contributed by atoms with Gasteiger partial charge in [0.05, 0.1) is 0 Å². The Bertz CT molecular complexity index is 229. The molecule has 0 aliphatic rings. The first kappa shape index (κ1) is 8.02. The molecule has 0 aromatic heterocycles. The Kier molecular flexibility index (Phi) is 2.31. The lowest BCUT2D eigenvalue weighted by Gasteiger charge is -2.05. The second kappa shape index (κ2) is 2.89. The lowest BCUT2D eigenvalue weighted by Crippen LogP contribution is -2.08. The third-order valence-corrected chi connectivity index (χ3v) is 3.93. The molecular weight excluding hydrogens is 204 g/mol. The largest absolute Gasteiger partial charge is 0.0676 e. The number of rotatable bonds is 0. The van der Waals surface area contributed by atoms with Crippen LogP contribution in [0.4, 0.5) is 0 Å². The Balaban J connectivity index is 3.34. The number of benzene rings is 1. The van der Waals surface area contributed by atoms with Gasteiger partial charge in [0.1, 0.15) is 0 Å². The summed E-state index contributed by atoms with van der Waals surface area (Å²) >= 11 is 3.50. The van der Waals surface area contributed by atoms with Gasteiger partial charge in [0, 0.05) is 14.7 Å². The average Bonchev–Trinajstić information content (AvgIpc) is 1.93. The maximum atomic E-state index is 3.50. The molecule has 2 heteroatoms. The van der Waals surface area contributed by atoms with Crippen LogP contribution in [0, 0.1) is 13.8 Å². The fourth-order valence-electron chi connectivity index (χ4n) is 0.923. The molecule has 10 heavy (non-hydrogen) atoms. The van der Waals surface area contributed by atoms with Crippen LogP contribution >= 0.6 is 15.9 Å². The van der Waals surface area contributed by atoms with E-state index < -0.39 is 0 Å².